The maximum Gasteiger partial charge on any atom is 0.131 e. The number of nitrogen functional groups attached to an aromatic ring is 1. The second-order valence-corrected chi connectivity index (χ2v) is 5.85. The minimum atomic E-state index is 0.360. The van der Waals surface area contributed by atoms with Gasteiger partial charge in [0.05, 0.1) is 0 Å². The molecular formula is C12H19N3OS. The van der Waals surface area contributed by atoms with Crippen LogP contribution in [0.25, 0.3) is 0 Å². The van der Waals surface area contributed by atoms with Crippen molar-refractivity contribution in [3.05, 3.63) is 11.9 Å². The highest BCUT2D eigenvalue weighted by molar-refractivity contribution is 7.99. The molecule has 0 radical (unpaired) electrons. The summed E-state index contributed by atoms with van der Waals surface area (Å²) in [5.41, 5.74) is 7.03. The van der Waals surface area contributed by atoms with Gasteiger partial charge in [-0.1, -0.05) is 13.8 Å². The van der Waals surface area contributed by atoms with E-state index in [4.69, 9.17) is 10.5 Å². The second kappa shape index (κ2) is 5.69. The second-order valence-electron chi connectivity index (χ2n) is 4.56. The van der Waals surface area contributed by atoms with E-state index in [9.17, 15) is 0 Å². The Hall–Kier alpha value is -0.810. The van der Waals surface area contributed by atoms with E-state index < -0.39 is 0 Å². The number of thioether (sulfide) groups is 1. The van der Waals surface area contributed by atoms with Crippen molar-refractivity contribution >= 4 is 17.6 Å². The number of hydrogen-bond acceptors (Lipinski definition) is 5. The summed E-state index contributed by atoms with van der Waals surface area (Å²) in [5.74, 6) is 0.975. The lowest BCUT2D eigenvalue weighted by Crippen LogP contribution is -2.18. The van der Waals surface area contributed by atoms with E-state index >= 15 is 0 Å². The molecule has 0 aromatic carbocycles. The molecule has 0 atom stereocenters. The molecule has 0 unspecified atom stereocenters. The molecular weight excluding hydrogens is 234 g/mol. The summed E-state index contributed by atoms with van der Waals surface area (Å²) in [4.78, 5) is 8.47. The van der Waals surface area contributed by atoms with Crippen molar-refractivity contribution in [3.63, 3.8) is 0 Å². The number of rotatable bonds is 3. The summed E-state index contributed by atoms with van der Waals surface area (Å²) < 4.78 is 5.37. The molecule has 0 spiro atoms. The fourth-order valence-electron chi connectivity index (χ4n) is 1.98. The minimum Gasteiger partial charge on any atom is -0.383 e. The first-order chi connectivity index (χ1) is 8.18. The molecule has 17 heavy (non-hydrogen) atoms. The Morgan fingerprint density at radius 1 is 1.35 bits per heavy atom. The first-order valence-corrected chi connectivity index (χ1v) is 6.91. The Morgan fingerprint density at radius 2 is 2.06 bits per heavy atom. The van der Waals surface area contributed by atoms with Gasteiger partial charge in [-0.15, -0.1) is 11.8 Å². The zero-order chi connectivity index (χ0) is 12.3. The van der Waals surface area contributed by atoms with Crippen LogP contribution in [0, 0.1) is 0 Å². The highest BCUT2D eigenvalue weighted by atomic mass is 32.2. The molecule has 0 amide bonds. The molecule has 4 nitrogen and oxygen atoms in total. The fraction of sp³-hybridized carbons (Fsp3) is 0.667. The SMILES string of the molecule is CC(C)c1c(N)ncnc1SC1CCOCC1. The lowest BCUT2D eigenvalue weighted by atomic mass is 10.1. The average Bonchev–Trinajstić information content (AvgIpc) is 2.30. The molecule has 5 heteroatoms. The van der Waals surface area contributed by atoms with E-state index in [1.807, 2.05) is 11.8 Å². The van der Waals surface area contributed by atoms with Crippen LogP contribution in [0.3, 0.4) is 0 Å². The minimum absolute atomic E-state index is 0.360. The molecule has 0 aliphatic carbocycles. The Balaban J connectivity index is 2.16. The van der Waals surface area contributed by atoms with Crippen LogP contribution in [0.1, 0.15) is 38.2 Å². The number of hydrogen-bond donors (Lipinski definition) is 1. The molecule has 0 saturated carbocycles. The van der Waals surface area contributed by atoms with Crippen molar-refractivity contribution in [1.82, 2.24) is 9.97 Å². The summed E-state index contributed by atoms with van der Waals surface area (Å²) in [6.07, 6.45) is 3.74. The van der Waals surface area contributed by atoms with Gasteiger partial charge in [0.1, 0.15) is 17.2 Å². The topological polar surface area (TPSA) is 61.0 Å². The van der Waals surface area contributed by atoms with Crippen LogP contribution in [0.5, 0.6) is 0 Å². The smallest absolute Gasteiger partial charge is 0.131 e. The van der Waals surface area contributed by atoms with E-state index in [2.05, 4.69) is 23.8 Å². The molecule has 1 saturated heterocycles. The first kappa shape index (κ1) is 12.6. The van der Waals surface area contributed by atoms with Crippen LogP contribution < -0.4 is 5.73 Å². The Bertz CT molecular complexity index is 378. The molecule has 1 aromatic heterocycles. The van der Waals surface area contributed by atoms with Crippen molar-refractivity contribution in [2.75, 3.05) is 18.9 Å². The van der Waals surface area contributed by atoms with Crippen molar-refractivity contribution < 1.29 is 4.74 Å². The van der Waals surface area contributed by atoms with Gasteiger partial charge in [0.15, 0.2) is 0 Å². The number of aromatic nitrogens is 2. The third-order valence-corrected chi connectivity index (χ3v) is 4.26. The zero-order valence-corrected chi connectivity index (χ0v) is 11.2. The summed E-state index contributed by atoms with van der Waals surface area (Å²) in [7, 11) is 0. The fourth-order valence-corrected chi connectivity index (χ4v) is 3.30. The quantitative estimate of drug-likeness (QED) is 0.838. The standard InChI is InChI=1S/C12H19N3OS/c1-8(2)10-11(13)14-7-15-12(10)17-9-3-5-16-6-4-9/h7-9H,3-6H2,1-2H3,(H2,13,14,15). The molecule has 2 rings (SSSR count). The third kappa shape index (κ3) is 3.10. The monoisotopic (exact) mass is 253 g/mol. The summed E-state index contributed by atoms with van der Waals surface area (Å²) in [6.45, 7) is 5.97. The van der Waals surface area contributed by atoms with Crippen LogP contribution in [0.4, 0.5) is 5.82 Å². The zero-order valence-electron chi connectivity index (χ0n) is 10.3. The van der Waals surface area contributed by atoms with Crippen LogP contribution in [0.2, 0.25) is 0 Å². The Kier molecular flexibility index (Phi) is 4.23. The van der Waals surface area contributed by atoms with Gasteiger partial charge in [-0.3, -0.25) is 0 Å². The molecule has 1 aromatic rings. The van der Waals surface area contributed by atoms with Gasteiger partial charge in [0.25, 0.3) is 0 Å². The van der Waals surface area contributed by atoms with Crippen LogP contribution >= 0.6 is 11.8 Å². The molecule has 1 aliphatic rings. The largest absolute Gasteiger partial charge is 0.383 e. The van der Waals surface area contributed by atoms with E-state index in [0.29, 0.717) is 17.0 Å². The van der Waals surface area contributed by atoms with E-state index in [1.54, 1.807) is 6.33 Å². The molecule has 94 valence electrons. The van der Waals surface area contributed by atoms with Gasteiger partial charge in [-0.05, 0) is 18.8 Å². The summed E-state index contributed by atoms with van der Waals surface area (Å²) in [6, 6.07) is 0. The van der Waals surface area contributed by atoms with Gasteiger partial charge in [0.2, 0.25) is 0 Å². The van der Waals surface area contributed by atoms with Gasteiger partial charge in [-0.25, -0.2) is 9.97 Å². The lowest BCUT2D eigenvalue weighted by molar-refractivity contribution is 0.1000. The summed E-state index contributed by atoms with van der Waals surface area (Å²) >= 11 is 1.82. The van der Waals surface area contributed by atoms with Crippen molar-refractivity contribution in [2.24, 2.45) is 0 Å². The number of ether oxygens (including phenoxy) is 1. The van der Waals surface area contributed by atoms with E-state index in [1.165, 1.54) is 0 Å². The van der Waals surface area contributed by atoms with Crippen molar-refractivity contribution in [2.45, 2.75) is 42.9 Å². The van der Waals surface area contributed by atoms with Crippen molar-refractivity contribution in [1.29, 1.82) is 0 Å². The third-order valence-electron chi connectivity index (χ3n) is 2.90. The maximum atomic E-state index is 5.94. The van der Waals surface area contributed by atoms with Crippen LogP contribution in [0.15, 0.2) is 11.4 Å². The molecule has 1 aliphatic heterocycles. The lowest BCUT2D eigenvalue weighted by Gasteiger charge is -2.22. The van der Waals surface area contributed by atoms with E-state index in [0.717, 1.165) is 36.6 Å². The molecule has 1 fully saturated rings. The van der Waals surface area contributed by atoms with Gasteiger partial charge in [-0.2, -0.15) is 0 Å². The highest BCUT2D eigenvalue weighted by Crippen LogP contribution is 2.35. The number of nitrogens with two attached hydrogens (primary N) is 1. The highest BCUT2D eigenvalue weighted by Gasteiger charge is 2.20. The van der Waals surface area contributed by atoms with Crippen LogP contribution in [-0.4, -0.2) is 28.4 Å². The Labute approximate surface area is 106 Å². The van der Waals surface area contributed by atoms with Gasteiger partial charge >= 0.3 is 0 Å². The van der Waals surface area contributed by atoms with E-state index in [-0.39, 0.29) is 0 Å². The number of nitrogens with zero attached hydrogens (tertiary/aromatic N) is 2. The summed E-state index contributed by atoms with van der Waals surface area (Å²) in [5, 5.41) is 1.63. The first-order valence-electron chi connectivity index (χ1n) is 6.03. The van der Waals surface area contributed by atoms with Gasteiger partial charge < -0.3 is 10.5 Å². The van der Waals surface area contributed by atoms with Crippen molar-refractivity contribution in [3.8, 4) is 0 Å². The Morgan fingerprint density at radius 3 is 2.71 bits per heavy atom. The van der Waals surface area contributed by atoms with Gasteiger partial charge in [0, 0.05) is 24.0 Å². The molecule has 2 heterocycles. The maximum absolute atomic E-state index is 5.94. The predicted molar refractivity (Wildman–Crippen MR) is 70.2 cm³/mol. The van der Waals surface area contributed by atoms with Crippen LogP contribution in [-0.2, 0) is 4.74 Å². The molecule has 2 N–H and O–H groups in total. The normalized spacial score (nSPS) is 17.6. The average molecular weight is 253 g/mol. The predicted octanol–water partition coefficient (Wildman–Crippen LogP) is 2.45. The number of anilines is 1. The molecule has 0 bridgehead atoms.